The van der Waals surface area contributed by atoms with E-state index in [1.54, 1.807) is 12.1 Å². The van der Waals surface area contributed by atoms with Gasteiger partial charge in [0.15, 0.2) is 5.65 Å². The zero-order valence-electron chi connectivity index (χ0n) is 20.1. The second-order valence-corrected chi connectivity index (χ2v) is 8.66. The Bertz CT molecular complexity index is 1520. The quantitative estimate of drug-likeness (QED) is 0.355. The lowest BCUT2D eigenvalue weighted by Crippen LogP contribution is -2.20. The highest BCUT2D eigenvalue weighted by atomic mass is 19.4. The minimum atomic E-state index is -4.73. The molecule has 3 heterocycles. The molecule has 0 spiro atoms. The number of benzene rings is 2. The van der Waals surface area contributed by atoms with Crippen molar-refractivity contribution < 1.29 is 31.8 Å². The predicted octanol–water partition coefficient (Wildman–Crippen LogP) is 4.85. The number of carbonyl (C=O) groups is 1. The number of nitrogens with zero attached hydrogens (tertiary/aromatic N) is 4. The van der Waals surface area contributed by atoms with E-state index in [1.807, 2.05) is 4.68 Å². The Balaban J connectivity index is 1.48. The number of nitrogens with one attached hydrogen (secondary N) is 1. The standard InChI is InChI=1S/C25H22F4N6O3/c1-37-19-10-13(2-5-18(19)33-24(36)16-4-3-14(11-17(16)26)25(27,28)29)21-20-22(30)31-12-32-23(20)35(34-21)15-6-8-38-9-7-15/h2-5,10-12,15H,6-9H2,1H3,(H,33,36)(H2,30,31,32). The molecule has 3 N–H and O–H groups in total. The fourth-order valence-corrected chi connectivity index (χ4v) is 4.39. The van der Waals surface area contributed by atoms with Crippen LogP contribution in [0.2, 0.25) is 0 Å². The van der Waals surface area contributed by atoms with E-state index in [0.717, 1.165) is 18.9 Å². The summed E-state index contributed by atoms with van der Waals surface area (Å²) in [5.74, 6) is -1.77. The Morgan fingerprint density at radius 1 is 1.16 bits per heavy atom. The number of nitrogen functional groups attached to an aromatic ring is 1. The van der Waals surface area contributed by atoms with Gasteiger partial charge in [0.2, 0.25) is 0 Å². The highest BCUT2D eigenvalue weighted by Crippen LogP contribution is 2.37. The summed E-state index contributed by atoms with van der Waals surface area (Å²) in [5, 5.41) is 7.84. The van der Waals surface area contributed by atoms with Crippen LogP contribution in [0.4, 0.5) is 29.1 Å². The number of ether oxygens (including phenoxy) is 2. The lowest BCUT2D eigenvalue weighted by Gasteiger charge is -2.22. The maximum Gasteiger partial charge on any atom is 0.416 e. The molecule has 0 atom stereocenters. The number of hydrogen-bond donors (Lipinski definition) is 2. The van der Waals surface area contributed by atoms with Crippen molar-refractivity contribution in [2.24, 2.45) is 0 Å². The molecule has 1 aliphatic heterocycles. The van der Waals surface area contributed by atoms with E-state index in [-0.39, 0.29) is 29.4 Å². The van der Waals surface area contributed by atoms with Crippen molar-refractivity contribution in [1.29, 1.82) is 0 Å². The number of fused-ring (bicyclic) bond motifs is 1. The molecule has 38 heavy (non-hydrogen) atoms. The van der Waals surface area contributed by atoms with Crippen molar-refractivity contribution in [3.8, 4) is 17.0 Å². The number of halogens is 4. The first-order valence-corrected chi connectivity index (χ1v) is 11.6. The number of nitrogens with two attached hydrogens (primary N) is 1. The van der Waals surface area contributed by atoms with Gasteiger partial charge in [-0.15, -0.1) is 0 Å². The summed E-state index contributed by atoms with van der Waals surface area (Å²) in [6, 6.07) is 6.56. The Labute approximate surface area is 213 Å². The second kappa shape index (κ2) is 9.89. The van der Waals surface area contributed by atoms with Gasteiger partial charge in [-0.25, -0.2) is 19.0 Å². The van der Waals surface area contributed by atoms with Gasteiger partial charge >= 0.3 is 6.18 Å². The molecule has 13 heteroatoms. The zero-order valence-corrected chi connectivity index (χ0v) is 20.1. The number of hydrogen-bond acceptors (Lipinski definition) is 7. The van der Waals surface area contributed by atoms with Crippen LogP contribution in [0.1, 0.15) is 34.8 Å². The zero-order chi connectivity index (χ0) is 27.0. The third-order valence-electron chi connectivity index (χ3n) is 6.32. The van der Waals surface area contributed by atoms with Gasteiger partial charge in [0.25, 0.3) is 5.91 Å². The first-order valence-electron chi connectivity index (χ1n) is 11.6. The highest BCUT2D eigenvalue weighted by Gasteiger charge is 2.32. The van der Waals surface area contributed by atoms with E-state index >= 15 is 0 Å². The third-order valence-corrected chi connectivity index (χ3v) is 6.32. The molecular weight excluding hydrogens is 508 g/mol. The fourth-order valence-electron chi connectivity index (χ4n) is 4.39. The summed E-state index contributed by atoms with van der Waals surface area (Å²) in [6.45, 7) is 1.20. The van der Waals surface area contributed by atoms with Crippen LogP contribution < -0.4 is 15.8 Å². The molecule has 0 saturated carbocycles. The average Bonchev–Trinajstić information content (AvgIpc) is 3.30. The van der Waals surface area contributed by atoms with Crippen LogP contribution in [0.5, 0.6) is 5.75 Å². The van der Waals surface area contributed by atoms with Crippen LogP contribution in [0.25, 0.3) is 22.3 Å². The molecule has 2 aromatic carbocycles. The smallest absolute Gasteiger partial charge is 0.416 e. The van der Waals surface area contributed by atoms with E-state index in [1.165, 1.54) is 19.5 Å². The van der Waals surface area contributed by atoms with E-state index in [4.69, 9.17) is 20.3 Å². The van der Waals surface area contributed by atoms with Gasteiger partial charge in [0, 0.05) is 18.8 Å². The normalized spacial score (nSPS) is 14.6. The van der Waals surface area contributed by atoms with Gasteiger partial charge in [-0.05, 0) is 43.2 Å². The van der Waals surface area contributed by atoms with Gasteiger partial charge in [0.1, 0.15) is 29.4 Å². The highest BCUT2D eigenvalue weighted by molar-refractivity contribution is 6.06. The molecule has 0 radical (unpaired) electrons. The van der Waals surface area contributed by atoms with Gasteiger partial charge in [-0.1, -0.05) is 6.07 Å². The SMILES string of the molecule is COc1cc(-c2nn(C3CCOCC3)c3ncnc(N)c23)ccc1NC(=O)c1ccc(C(F)(F)F)cc1F. The van der Waals surface area contributed by atoms with Crippen LogP contribution in [0.3, 0.4) is 0 Å². The molecule has 1 fully saturated rings. The monoisotopic (exact) mass is 530 g/mol. The molecule has 1 saturated heterocycles. The Morgan fingerprint density at radius 2 is 1.92 bits per heavy atom. The molecule has 0 unspecified atom stereocenters. The molecule has 1 amide bonds. The van der Waals surface area contributed by atoms with Crippen molar-refractivity contribution in [3.63, 3.8) is 0 Å². The number of carbonyl (C=O) groups excluding carboxylic acids is 1. The van der Waals surface area contributed by atoms with E-state index < -0.39 is 29.0 Å². The van der Waals surface area contributed by atoms with E-state index in [2.05, 4.69) is 15.3 Å². The fraction of sp³-hybridized carbons (Fsp3) is 0.280. The molecule has 5 rings (SSSR count). The van der Waals surface area contributed by atoms with Gasteiger partial charge < -0.3 is 20.5 Å². The first kappa shape index (κ1) is 25.4. The number of anilines is 2. The summed E-state index contributed by atoms with van der Waals surface area (Å²) < 4.78 is 65.5. The molecule has 9 nitrogen and oxygen atoms in total. The van der Waals surface area contributed by atoms with Crippen molar-refractivity contribution in [2.75, 3.05) is 31.4 Å². The maximum atomic E-state index is 14.3. The average molecular weight is 530 g/mol. The van der Waals surface area contributed by atoms with Crippen molar-refractivity contribution >= 4 is 28.4 Å². The summed E-state index contributed by atoms with van der Waals surface area (Å²) in [4.78, 5) is 21.2. The molecular formula is C25H22F4N6O3. The summed E-state index contributed by atoms with van der Waals surface area (Å²) in [6.07, 6.45) is -1.84. The van der Waals surface area contributed by atoms with E-state index in [0.29, 0.717) is 41.6 Å². The molecule has 4 aromatic rings. The van der Waals surface area contributed by atoms with E-state index in [9.17, 15) is 22.4 Å². The summed E-state index contributed by atoms with van der Waals surface area (Å²) in [5.41, 5.74) is 6.32. The molecule has 0 bridgehead atoms. The molecule has 1 aliphatic rings. The number of alkyl halides is 3. The Hall–Kier alpha value is -4.26. The third kappa shape index (κ3) is 4.72. The number of rotatable bonds is 5. The lowest BCUT2D eigenvalue weighted by atomic mass is 10.1. The number of amides is 1. The van der Waals surface area contributed by atoms with Gasteiger partial charge in [-0.3, -0.25) is 4.79 Å². The lowest BCUT2D eigenvalue weighted by molar-refractivity contribution is -0.137. The van der Waals surface area contributed by atoms with Crippen LogP contribution >= 0.6 is 0 Å². The van der Waals surface area contributed by atoms with Crippen molar-refractivity contribution in [2.45, 2.75) is 25.1 Å². The van der Waals surface area contributed by atoms with Gasteiger partial charge in [0.05, 0.1) is 35.4 Å². The van der Waals surface area contributed by atoms with Crippen molar-refractivity contribution in [3.05, 3.63) is 59.7 Å². The number of methoxy groups -OCH3 is 1. The minimum Gasteiger partial charge on any atom is -0.495 e. The van der Waals surface area contributed by atoms with Crippen LogP contribution in [0.15, 0.2) is 42.7 Å². The van der Waals surface area contributed by atoms with Crippen LogP contribution in [-0.4, -0.2) is 46.0 Å². The predicted molar refractivity (Wildman–Crippen MR) is 130 cm³/mol. The topological polar surface area (TPSA) is 117 Å². The summed E-state index contributed by atoms with van der Waals surface area (Å²) in [7, 11) is 1.38. The van der Waals surface area contributed by atoms with Crippen LogP contribution in [-0.2, 0) is 10.9 Å². The largest absolute Gasteiger partial charge is 0.495 e. The van der Waals surface area contributed by atoms with Crippen LogP contribution in [0, 0.1) is 5.82 Å². The maximum absolute atomic E-state index is 14.3. The second-order valence-electron chi connectivity index (χ2n) is 8.66. The van der Waals surface area contributed by atoms with Gasteiger partial charge in [-0.2, -0.15) is 18.3 Å². The minimum absolute atomic E-state index is 0.0633. The number of aromatic nitrogens is 4. The molecule has 2 aromatic heterocycles. The summed E-state index contributed by atoms with van der Waals surface area (Å²) >= 11 is 0. The molecule has 0 aliphatic carbocycles. The Kier molecular flexibility index (Phi) is 6.61. The molecule has 198 valence electrons. The van der Waals surface area contributed by atoms with Crippen molar-refractivity contribution in [1.82, 2.24) is 19.7 Å². The Morgan fingerprint density at radius 3 is 2.61 bits per heavy atom. The first-order chi connectivity index (χ1) is 18.2.